The summed E-state index contributed by atoms with van der Waals surface area (Å²) >= 11 is 3.37. The molecule has 0 aliphatic heterocycles. The number of aryl methyl sites for hydroxylation is 1. The highest BCUT2D eigenvalue weighted by Crippen LogP contribution is 2.18. The summed E-state index contributed by atoms with van der Waals surface area (Å²) in [6.45, 7) is 2.06. The number of nitrogens with one attached hydrogen (secondary N) is 1. The zero-order valence-corrected chi connectivity index (χ0v) is 13.0. The normalized spacial score (nSPS) is 12.4. The van der Waals surface area contributed by atoms with Crippen LogP contribution in [0.1, 0.15) is 16.7 Å². The van der Waals surface area contributed by atoms with Gasteiger partial charge in [0.1, 0.15) is 5.82 Å². The predicted molar refractivity (Wildman–Crippen MR) is 83.8 cm³/mol. The summed E-state index contributed by atoms with van der Waals surface area (Å²) in [5.74, 6) is 5.41. The van der Waals surface area contributed by atoms with Crippen molar-refractivity contribution in [2.75, 3.05) is 0 Å². The summed E-state index contributed by atoms with van der Waals surface area (Å²) < 4.78 is 14.7. The second kappa shape index (κ2) is 6.97. The Hall–Kier alpha value is -1.23. The first kappa shape index (κ1) is 15.2. The Morgan fingerprint density at radius 3 is 2.70 bits per heavy atom. The second-order valence-electron chi connectivity index (χ2n) is 5.00. The number of hydrogen-bond donors (Lipinski definition) is 2. The highest BCUT2D eigenvalue weighted by Gasteiger charge is 2.12. The number of nitrogens with two attached hydrogens (primary N) is 1. The van der Waals surface area contributed by atoms with Crippen molar-refractivity contribution in [3.05, 3.63) is 69.4 Å². The van der Waals surface area contributed by atoms with Crippen LogP contribution in [0.15, 0.2) is 46.9 Å². The Balaban J connectivity index is 2.11. The van der Waals surface area contributed by atoms with Crippen LogP contribution in [-0.4, -0.2) is 6.04 Å². The summed E-state index contributed by atoms with van der Waals surface area (Å²) in [6, 6.07) is 13.2. The van der Waals surface area contributed by atoms with E-state index in [1.54, 1.807) is 12.1 Å². The molecule has 20 heavy (non-hydrogen) atoms. The number of rotatable bonds is 5. The second-order valence-corrected chi connectivity index (χ2v) is 5.91. The van der Waals surface area contributed by atoms with Gasteiger partial charge in [-0.05, 0) is 49.1 Å². The van der Waals surface area contributed by atoms with E-state index < -0.39 is 0 Å². The molecule has 0 radical (unpaired) electrons. The van der Waals surface area contributed by atoms with Gasteiger partial charge < -0.3 is 0 Å². The van der Waals surface area contributed by atoms with Crippen molar-refractivity contribution in [2.24, 2.45) is 5.84 Å². The fraction of sp³-hybridized carbons (Fsp3) is 0.250. The van der Waals surface area contributed by atoms with Gasteiger partial charge in [0.2, 0.25) is 0 Å². The standard InChI is InChI=1S/C16H18BrFN2/c1-11-3-2-4-12(7-11)8-15(20-19)10-13-9-14(17)5-6-16(13)18/h2-7,9,15,20H,8,10,19H2,1H3. The molecule has 2 aromatic rings. The number of hydrogen-bond acceptors (Lipinski definition) is 2. The molecule has 2 aromatic carbocycles. The van der Waals surface area contributed by atoms with Crippen LogP contribution in [0.25, 0.3) is 0 Å². The molecule has 106 valence electrons. The Labute approximate surface area is 127 Å². The van der Waals surface area contributed by atoms with Crippen molar-refractivity contribution < 1.29 is 4.39 Å². The Bertz CT molecular complexity index is 586. The van der Waals surface area contributed by atoms with Crippen LogP contribution in [-0.2, 0) is 12.8 Å². The van der Waals surface area contributed by atoms with E-state index in [1.807, 2.05) is 6.07 Å². The van der Waals surface area contributed by atoms with Crippen LogP contribution in [0.2, 0.25) is 0 Å². The topological polar surface area (TPSA) is 38.0 Å². The van der Waals surface area contributed by atoms with Gasteiger partial charge in [-0.1, -0.05) is 45.8 Å². The Morgan fingerprint density at radius 2 is 2.00 bits per heavy atom. The van der Waals surface area contributed by atoms with E-state index in [9.17, 15) is 4.39 Å². The van der Waals surface area contributed by atoms with E-state index in [0.29, 0.717) is 12.0 Å². The lowest BCUT2D eigenvalue weighted by molar-refractivity contribution is 0.506. The molecule has 3 N–H and O–H groups in total. The summed E-state index contributed by atoms with van der Waals surface area (Å²) in [7, 11) is 0. The average Bonchev–Trinajstić information content (AvgIpc) is 2.42. The SMILES string of the molecule is Cc1cccc(CC(Cc2cc(Br)ccc2F)NN)c1. The summed E-state index contributed by atoms with van der Waals surface area (Å²) in [5.41, 5.74) is 5.86. The highest BCUT2D eigenvalue weighted by atomic mass is 79.9. The Morgan fingerprint density at radius 1 is 1.20 bits per heavy atom. The van der Waals surface area contributed by atoms with Gasteiger partial charge in [0.25, 0.3) is 0 Å². The minimum Gasteiger partial charge on any atom is -0.271 e. The molecule has 2 nitrogen and oxygen atoms in total. The third-order valence-corrected chi connectivity index (χ3v) is 3.77. The number of benzene rings is 2. The molecule has 1 unspecified atom stereocenters. The van der Waals surface area contributed by atoms with Gasteiger partial charge in [0.15, 0.2) is 0 Å². The predicted octanol–water partition coefficient (Wildman–Crippen LogP) is 3.51. The molecule has 0 spiro atoms. The molecule has 0 aromatic heterocycles. The van der Waals surface area contributed by atoms with Crippen molar-refractivity contribution in [1.82, 2.24) is 5.43 Å². The molecule has 0 aliphatic rings. The smallest absolute Gasteiger partial charge is 0.126 e. The van der Waals surface area contributed by atoms with E-state index in [0.717, 1.165) is 10.9 Å². The first-order chi connectivity index (χ1) is 9.58. The molecule has 1 atom stereocenters. The minimum absolute atomic E-state index is 0.000556. The molecule has 4 heteroatoms. The molecule has 0 amide bonds. The van der Waals surface area contributed by atoms with Gasteiger partial charge in [-0.15, -0.1) is 0 Å². The summed E-state index contributed by atoms with van der Waals surface area (Å²) in [5, 5.41) is 0. The zero-order valence-electron chi connectivity index (χ0n) is 11.4. The number of halogens is 2. The first-order valence-electron chi connectivity index (χ1n) is 6.54. The molecule has 0 aliphatic carbocycles. The summed E-state index contributed by atoms with van der Waals surface area (Å²) in [4.78, 5) is 0. The quantitative estimate of drug-likeness (QED) is 0.647. The monoisotopic (exact) mass is 336 g/mol. The Kier molecular flexibility index (Phi) is 5.29. The third-order valence-electron chi connectivity index (χ3n) is 3.27. The van der Waals surface area contributed by atoms with E-state index in [4.69, 9.17) is 5.84 Å². The highest BCUT2D eigenvalue weighted by molar-refractivity contribution is 9.10. The van der Waals surface area contributed by atoms with Crippen molar-refractivity contribution in [3.63, 3.8) is 0 Å². The van der Waals surface area contributed by atoms with Crippen LogP contribution >= 0.6 is 15.9 Å². The molecule has 0 heterocycles. The maximum atomic E-state index is 13.8. The fourth-order valence-electron chi connectivity index (χ4n) is 2.28. The van der Waals surface area contributed by atoms with Crippen molar-refractivity contribution in [2.45, 2.75) is 25.8 Å². The first-order valence-corrected chi connectivity index (χ1v) is 7.33. The van der Waals surface area contributed by atoms with Crippen molar-refractivity contribution >= 4 is 15.9 Å². The lowest BCUT2D eigenvalue weighted by atomic mass is 9.98. The van der Waals surface area contributed by atoms with Crippen LogP contribution in [0.4, 0.5) is 4.39 Å². The van der Waals surface area contributed by atoms with E-state index in [2.05, 4.69) is 46.5 Å². The van der Waals surface area contributed by atoms with E-state index >= 15 is 0 Å². The molecule has 2 rings (SSSR count). The van der Waals surface area contributed by atoms with Gasteiger partial charge >= 0.3 is 0 Å². The van der Waals surface area contributed by atoms with Gasteiger partial charge in [-0.25, -0.2) is 4.39 Å². The fourth-order valence-corrected chi connectivity index (χ4v) is 2.69. The molecular formula is C16H18BrFN2. The van der Waals surface area contributed by atoms with Gasteiger partial charge in [-0.2, -0.15) is 0 Å². The molecule has 0 bridgehead atoms. The minimum atomic E-state index is -0.197. The number of hydrazine groups is 1. The van der Waals surface area contributed by atoms with Gasteiger partial charge in [0.05, 0.1) is 0 Å². The van der Waals surface area contributed by atoms with Gasteiger partial charge in [0, 0.05) is 10.5 Å². The van der Waals surface area contributed by atoms with Crippen LogP contribution in [0, 0.1) is 12.7 Å². The zero-order chi connectivity index (χ0) is 14.5. The lowest BCUT2D eigenvalue weighted by Gasteiger charge is -2.17. The molecule has 0 saturated carbocycles. The largest absolute Gasteiger partial charge is 0.271 e. The van der Waals surface area contributed by atoms with Crippen LogP contribution < -0.4 is 11.3 Å². The van der Waals surface area contributed by atoms with E-state index in [-0.39, 0.29) is 11.9 Å². The van der Waals surface area contributed by atoms with Gasteiger partial charge in [-0.3, -0.25) is 11.3 Å². The van der Waals surface area contributed by atoms with Crippen molar-refractivity contribution in [1.29, 1.82) is 0 Å². The molecule has 0 saturated heterocycles. The maximum absolute atomic E-state index is 13.8. The third kappa shape index (κ3) is 4.13. The lowest BCUT2D eigenvalue weighted by Crippen LogP contribution is -2.38. The molecule has 0 fully saturated rings. The van der Waals surface area contributed by atoms with Crippen molar-refractivity contribution in [3.8, 4) is 0 Å². The van der Waals surface area contributed by atoms with Crippen LogP contribution in [0.3, 0.4) is 0 Å². The molecular weight excluding hydrogens is 319 g/mol. The maximum Gasteiger partial charge on any atom is 0.126 e. The average molecular weight is 337 g/mol. The summed E-state index contributed by atoms with van der Waals surface area (Å²) in [6.07, 6.45) is 1.32. The van der Waals surface area contributed by atoms with Crippen LogP contribution in [0.5, 0.6) is 0 Å². The van der Waals surface area contributed by atoms with E-state index in [1.165, 1.54) is 17.2 Å².